The minimum absolute atomic E-state index is 0.169. The molecule has 0 amide bonds. The molecule has 1 saturated heterocycles. The molecule has 0 radical (unpaired) electrons. The van der Waals surface area contributed by atoms with E-state index in [1.165, 1.54) is 19.3 Å². The van der Waals surface area contributed by atoms with Crippen LogP contribution in [0.15, 0.2) is 18.2 Å². The fourth-order valence-electron chi connectivity index (χ4n) is 3.08. The third-order valence-corrected chi connectivity index (χ3v) is 4.09. The molecule has 0 spiro atoms. The molecule has 0 bridgehead atoms. The first-order valence-corrected chi connectivity index (χ1v) is 7.37. The number of hydrogen-bond acceptors (Lipinski definition) is 4. The quantitative estimate of drug-likeness (QED) is 0.847. The van der Waals surface area contributed by atoms with Gasteiger partial charge in [-0.2, -0.15) is 0 Å². The molecular weight excluding hydrogens is 254 g/mol. The van der Waals surface area contributed by atoms with E-state index in [0.717, 1.165) is 30.2 Å². The van der Waals surface area contributed by atoms with Gasteiger partial charge in [0.15, 0.2) is 11.5 Å². The molecule has 0 aliphatic carbocycles. The third kappa shape index (κ3) is 2.80. The summed E-state index contributed by atoms with van der Waals surface area (Å²) in [6.45, 7) is 4.11. The van der Waals surface area contributed by atoms with Gasteiger partial charge >= 0.3 is 0 Å². The Balaban J connectivity index is 1.85. The molecule has 1 aromatic rings. The third-order valence-electron chi connectivity index (χ3n) is 4.09. The topological polar surface area (TPSA) is 38.8 Å². The van der Waals surface area contributed by atoms with Gasteiger partial charge in [0.2, 0.25) is 6.79 Å². The fraction of sp³-hybridized carbons (Fsp3) is 0.562. The molecule has 0 N–H and O–H groups in total. The molecule has 1 aromatic carbocycles. The van der Waals surface area contributed by atoms with Gasteiger partial charge in [-0.15, -0.1) is 0 Å². The Labute approximate surface area is 119 Å². The Morgan fingerprint density at radius 1 is 1.20 bits per heavy atom. The van der Waals surface area contributed by atoms with E-state index < -0.39 is 0 Å². The van der Waals surface area contributed by atoms with Crippen molar-refractivity contribution in [3.63, 3.8) is 0 Å². The van der Waals surface area contributed by atoms with E-state index in [0.29, 0.717) is 13.2 Å². The number of ether oxygens (including phenoxy) is 2. The van der Waals surface area contributed by atoms with Crippen molar-refractivity contribution in [1.82, 2.24) is 4.90 Å². The molecule has 3 rings (SSSR count). The predicted molar refractivity (Wildman–Crippen MR) is 76.0 cm³/mol. The molecule has 2 aliphatic heterocycles. The van der Waals surface area contributed by atoms with Crippen LogP contribution in [-0.4, -0.2) is 30.6 Å². The zero-order valence-electron chi connectivity index (χ0n) is 11.9. The van der Waals surface area contributed by atoms with Crippen molar-refractivity contribution < 1.29 is 14.3 Å². The number of rotatable bonds is 4. The average molecular weight is 275 g/mol. The molecule has 4 heteroatoms. The summed E-state index contributed by atoms with van der Waals surface area (Å²) < 4.78 is 10.8. The average Bonchev–Trinajstić information content (AvgIpc) is 2.93. The number of ketones is 1. The van der Waals surface area contributed by atoms with Crippen LogP contribution >= 0.6 is 0 Å². The predicted octanol–water partition coefficient (Wildman–Crippen LogP) is 2.92. The molecule has 4 nitrogen and oxygen atoms in total. The van der Waals surface area contributed by atoms with Crippen LogP contribution in [0.25, 0.3) is 0 Å². The van der Waals surface area contributed by atoms with Crippen LogP contribution in [0, 0.1) is 0 Å². The summed E-state index contributed by atoms with van der Waals surface area (Å²) in [6.07, 6.45) is 4.31. The number of Topliss-reactive ketones (excluding diaryl/α,β-unsaturated/α-hetero) is 1. The van der Waals surface area contributed by atoms with Crippen LogP contribution in [0.1, 0.15) is 44.2 Å². The smallest absolute Gasteiger partial charge is 0.231 e. The lowest BCUT2D eigenvalue weighted by Gasteiger charge is -2.34. The van der Waals surface area contributed by atoms with E-state index in [1.807, 2.05) is 12.1 Å². The number of nitrogens with zero attached hydrogens (tertiary/aromatic N) is 1. The SMILES string of the molecule is CC(=O)CC(c1ccc2c(c1)OCO2)N1CCCCC1. The number of hydrogen-bond donors (Lipinski definition) is 0. The van der Waals surface area contributed by atoms with Gasteiger partial charge in [0.05, 0.1) is 0 Å². The largest absolute Gasteiger partial charge is 0.454 e. The Hall–Kier alpha value is -1.55. The van der Waals surface area contributed by atoms with Gasteiger partial charge in [-0.05, 0) is 50.6 Å². The number of piperidine rings is 1. The van der Waals surface area contributed by atoms with Crippen molar-refractivity contribution in [1.29, 1.82) is 0 Å². The number of benzene rings is 1. The molecule has 2 aliphatic rings. The van der Waals surface area contributed by atoms with Crippen molar-refractivity contribution >= 4 is 5.78 Å². The minimum atomic E-state index is 0.169. The molecule has 108 valence electrons. The van der Waals surface area contributed by atoms with Gasteiger partial charge in [-0.25, -0.2) is 0 Å². The second kappa shape index (κ2) is 5.83. The van der Waals surface area contributed by atoms with Crippen molar-refractivity contribution in [3.05, 3.63) is 23.8 Å². The van der Waals surface area contributed by atoms with Crippen molar-refractivity contribution in [3.8, 4) is 11.5 Å². The van der Waals surface area contributed by atoms with Crippen LogP contribution in [0.2, 0.25) is 0 Å². The van der Waals surface area contributed by atoms with E-state index >= 15 is 0 Å². The van der Waals surface area contributed by atoms with E-state index in [-0.39, 0.29) is 11.8 Å². The molecule has 1 fully saturated rings. The van der Waals surface area contributed by atoms with E-state index in [2.05, 4.69) is 11.0 Å². The first-order chi connectivity index (χ1) is 9.74. The second-order valence-electron chi connectivity index (χ2n) is 5.63. The Bertz CT molecular complexity index is 494. The summed E-state index contributed by atoms with van der Waals surface area (Å²) in [4.78, 5) is 14.1. The molecule has 2 heterocycles. The standard InChI is InChI=1S/C16H21NO3/c1-12(18)9-14(17-7-3-2-4-8-17)13-5-6-15-16(10-13)20-11-19-15/h5-6,10,14H,2-4,7-9,11H2,1H3. The maximum Gasteiger partial charge on any atom is 0.231 e. The lowest BCUT2D eigenvalue weighted by molar-refractivity contribution is -0.118. The Morgan fingerprint density at radius 2 is 1.95 bits per heavy atom. The normalized spacial score (nSPS) is 19.9. The second-order valence-corrected chi connectivity index (χ2v) is 5.63. The highest BCUT2D eigenvalue weighted by Gasteiger charge is 2.25. The summed E-state index contributed by atoms with van der Waals surface area (Å²) in [7, 11) is 0. The first kappa shape index (κ1) is 13.4. The van der Waals surface area contributed by atoms with Gasteiger partial charge in [0.1, 0.15) is 5.78 Å². The lowest BCUT2D eigenvalue weighted by Crippen LogP contribution is -2.34. The lowest BCUT2D eigenvalue weighted by atomic mass is 9.97. The molecular formula is C16H21NO3. The van der Waals surface area contributed by atoms with Gasteiger partial charge in [-0.1, -0.05) is 12.5 Å². The van der Waals surface area contributed by atoms with E-state index in [4.69, 9.17) is 9.47 Å². The van der Waals surface area contributed by atoms with Crippen molar-refractivity contribution in [2.45, 2.75) is 38.6 Å². The number of carbonyl (C=O) groups excluding carboxylic acids is 1. The highest BCUT2D eigenvalue weighted by atomic mass is 16.7. The van der Waals surface area contributed by atoms with Gasteiger partial charge in [-0.3, -0.25) is 9.69 Å². The molecule has 0 aromatic heterocycles. The van der Waals surface area contributed by atoms with Crippen LogP contribution in [0.3, 0.4) is 0 Å². The summed E-state index contributed by atoms with van der Waals surface area (Å²) in [5, 5.41) is 0. The Morgan fingerprint density at radius 3 is 2.70 bits per heavy atom. The summed E-state index contributed by atoms with van der Waals surface area (Å²) in [5.41, 5.74) is 1.16. The number of likely N-dealkylation sites (tertiary alicyclic amines) is 1. The highest BCUT2D eigenvalue weighted by molar-refractivity contribution is 5.76. The minimum Gasteiger partial charge on any atom is -0.454 e. The van der Waals surface area contributed by atoms with E-state index in [9.17, 15) is 4.79 Å². The van der Waals surface area contributed by atoms with Gasteiger partial charge in [0.25, 0.3) is 0 Å². The van der Waals surface area contributed by atoms with Gasteiger partial charge < -0.3 is 9.47 Å². The van der Waals surface area contributed by atoms with Crippen LogP contribution < -0.4 is 9.47 Å². The van der Waals surface area contributed by atoms with Crippen LogP contribution in [0.5, 0.6) is 11.5 Å². The molecule has 0 saturated carbocycles. The van der Waals surface area contributed by atoms with Gasteiger partial charge in [0, 0.05) is 12.5 Å². The van der Waals surface area contributed by atoms with Crippen molar-refractivity contribution in [2.24, 2.45) is 0 Å². The monoisotopic (exact) mass is 275 g/mol. The maximum absolute atomic E-state index is 11.6. The first-order valence-electron chi connectivity index (χ1n) is 7.37. The Kier molecular flexibility index (Phi) is 3.92. The molecule has 20 heavy (non-hydrogen) atoms. The number of fused-ring (bicyclic) bond motifs is 1. The zero-order valence-corrected chi connectivity index (χ0v) is 11.9. The highest BCUT2D eigenvalue weighted by Crippen LogP contribution is 2.37. The zero-order chi connectivity index (χ0) is 13.9. The summed E-state index contributed by atoms with van der Waals surface area (Å²) >= 11 is 0. The fourth-order valence-corrected chi connectivity index (χ4v) is 3.08. The summed E-state index contributed by atoms with van der Waals surface area (Å²) in [6, 6.07) is 6.22. The van der Waals surface area contributed by atoms with Crippen LogP contribution in [0.4, 0.5) is 0 Å². The molecule has 1 unspecified atom stereocenters. The summed E-state index contributed by atoms with van der Waals surface area (Å²) in [5.74, 6) is 1.83. The maximum atomic E-state index is 11.6. The number of carbonyl (C=O) groups is 1. The van der Waals surface area contributed by atoms with Crippen LogP contribution in [-0.2, 0) is 4.79 Å². The van der Waals surface area contributed by atoms with E-state index in [1.54, 1.807) is 6.92 Å². The van der Waals surface area contributed by atoms with Crippen molar-refractivity contribution in [2.75, 3.05) is 19.9 Å². The molecule has 1 atom stereocenters.